The molecule has 0 aliphatic heterocycles. The van der Waals surface area contributed by atoms with E-state index < -0.39 is 12.1 Å². The van der Waals surface area contributed by atoms with Crippen molar-refractivity contribution in [2.75, 3.05) is 13.7 Å². The van der Waals surface area contributed by atoms with Crippen LogP contribution in [-0.2, 0) is 14.3 Å². The van der Waals surface area contributed by atoms with Crippen molar-refractivity contribution < 1.29 is 24.2 Å². The van der Waals surface area contributed by atoms with Gasteiger partial charge in [0.05, 0.1) is 19.3 Å². The number of hydrogen-bond donors (Lipinski definition) is 1. The van der Waals surface area contributed by atoms with E-state index in [4.69, 9.17) is 4.74 Å². The topological polar surface area (TPSA) is 72.8 Å². The molecule has 0 bridgehead atoms. The molecule has 5 nitrogen and oxygen atoms in total. The second-order valence-electron chi connectivity index (χ2n) is 4.40. The predicted octanol–water partition coefficient (Wildman–Crippen LogP) is 1.94. The largest absolute Gasteiger partial charge is 0.469 e. The van der Waals surface area contributed by atoms with Crippen LogP contribution in [0.4, 0.5) is 0 Å². The number of ether oxygens (including phenoxy) is 2. The summed E-state index contributed by atoms with van der Waals surface area (Å²) in [7, 11) is 1.35. The number of methoxy groups -OCH3 is 1. The molecule has 1 rings (SSSR count). The van der Waals surface area contributed by atoms with Crippen LogP contribution in [0.15, 0.2) is 30.3 Å². The minimum Gasteiger partial charge on any atom is -0.469 e. The molecule has 0 saturated carbocycles. The third-order valence-electron chi connectivity index (χ3n) is 2.87. The fourth-order valence-electron chi connectivity index (χ4n) is 1.72. The Morgan fingerprint density at radius 3 is 2.50 bits per heavy atom. The number of rotatable bonds is 8. The van der Waals surface area contributed by atoms with Gasteiger partial charge >= 0.3 is 11.9 Å². The van der Waals surface area contributed by atoms with E-state index in [0.717, 1.165) is 0 Å². The van der Waals surface area contributed by atoms with Gasteiger partial charge in [0.1, 0.15) is 6.10 Å². The van der Waals surface area contributed by atoms with E-state index in [1.807, 2.05) is 6.07 Å². The molecule has 0 heterocycles. The molecule has 1 aromatic carbocycles. The zero-order chi connectivity index (χ0) is 14.8. The molecule has 1 unspecified atom stereocenters. The van der Waals surface area contributed by atoms with Gasteiger partial charge in [-0.25, -0.2) is 4.79 Å². The number of carbonyl (C=O) groups excluding carboxylic acids is 2. The molecule has 0 aliphatic rings. The fraction of sp³-hybridized carbons (Fsp3) is 0.467. The maximum absolute atomic E-state index is 11.8. The van der Waals surface area contributed by atoms with Gasteiger partial charge in [-0.05, 0) is 31.4 Å². The lowest BCUT2D eigenvalue weighted by atomic mass is 10.1. The summed E-state index contributed by atoms with van der Waals surface area (Å²) in [4.78, 5) is 22.7. The third-order valence-corrected chi connectivity index (χ3v) is 2.87. The van der Waals surface area contributed by atoms with Crippen LogP contribution in [0.5, 0.6) is 0 Å². The Labute approximate surface area is 118 Å². The van der Waals surface area contributed by atoms with Crippen LogP contribution in [0.2, 0.25) is 0 Å². The summed E-state index contributed by atoms with van der Waals surface area (Å²) in [5.41, 5.74) is 0.459. The maximum Gasteiger partial charge on any atom is 0.338 e. The first-order valence-corrected chi connectivity index (χ1v) is 6.61. The molecule has 0 fully saturated rings. The van der Waals surface area contributed by atoms with Crippen molar-refractivity contribution in [3.05, 3.63) is 35.9 Å². The van der Waals surface area contributed by atoms with E-state index in [1.165, 1.54) is 7.11 Å². The normalized spacial score (nSPS) is 11.7. The summed E-state index contributed by atoms with van der Waals surface area (Å²) < 4.78 is 9.75. The number of aliphatic hydroxyl groups excluding tert-OH is 1. The summed E-state index contributed by atoms with van der Waals surface area (Å²) in [5.74, 6) is -0.704. The van der Waals surface area contributed by atoms with Crippen molar-refractivity contribution in [3.8, 4) is 0 Å². The zero-order valence-electron chi connectivity index (χ0n) is 11.6. The SMILES string of the molecule is COC(=O)CCCCC(CO)OC(=O)c1ccccc1. The Morgan fingerprint density at radius 2 is 1.90 bits per heavy atom. The van der Waals surface area contributed by atoms with Crippen LogP contribution < -0.4 is 0 Å². The third kappa shape index (κ3) is 5.84. The molecule has 20 heavy (non-hydrogen) atoms. The minimum atomic E-state index is -0.541. The van der Waals surface area contributed by atoms with Crippen LogP contribution in [0.25, 0.3) is 0 Å². The average molecular weight is 280 g/mol. The molecule has 1 aromatic rings. The van der Waals surface area contributed by atoms with Crippen molar-refractivity contribution in [3.63, 3.8) is 0 Å². The van der Waals surface area contributed by atoms with Gasteiger partial charge in [0, 0.05) is 6.42 Å². The summed E-state index contributed by atoms with van der Waals surface area (Å²) in [6.07, 6.45) is 1.64. The Morgan fingerprint density at radius 1 is 1.20 bits per heavy atom. The van der Waals surface area contributed by atoms with Gasteiger partial charge in [-0.3, -0.25) is 4.79 Å². The summed E-state index contributed by atoms with van der Waals surface area (Å²) in [6, 6.07) is 8.64. The van der Waals surface area contributed by atoms with Crippen molar-refractivity contribution >= 4 is 11.9 Å². The Hall–Kier alpha value is -1.88. The molecule has 0 aromatic heterocycles. The standard InChI is InChI=1S/C15H20O5/c1-19-14(17)10-6-5-9-13(11-16)20-15(18)12-7-3-2-4-8-12/h2-4,7-8,13,16H,5-6,9-11H2,1H3. The molecule has 5 heteroatoms. The number of carbonyl (C=O) groups is 2. The lowest BCUT2D eigenvalue weighted by Gasteiger charge is -2.15. The molecule has 110 valence electrons. The van der Waals surface area contributed by atoms with E-state index in [9.17, 15) is 14.7 Å². The van der Waals surface area contributed by atoms with Crippen LogP contribution >= 0.6 is 0 Å². The molecular weight excluding hydrogens is 260 g/mol. The van der Waals surface area contributed by atoms with Gasteiger partial charge < -0.3 is 14.6 Å². The zero-order valence-corrected chi connectivity index (χ0v) is 11.6. The Balaban J connectivity index is 2.32. The first kappa shape index (κ1) is 16.2. The predicted molar refractivity (Wildman–Crippen MR) is 73.2 cm³/mol. The number of aliphatic hydroxyl groups is 1. The first-order chi connectivity index (χ1) is 9.67. The fourth-order valence-corrected chi connectivity index (χ4v) is 1.72. The molecule has 0 saturated heterocycles. The van der Waals surface area contributed by atoms with E-state index in [0.29, 0.717) is 31.2 Å². The lowest BCUT2D eigenvalue weighted by molar-refractivity contribution is -0.140. The molecule has 0 amide bonds. The Bertz CT molecular complexity index is 416. The van der Waals surface area contributed by atoms with Crippen molar-refractivity contribution in [1.29, 1.82) is 0 Å². The second-order valence-corrected chi connectivity index (χ2v) is 4.40. The lowest BCUT2D eigenvalue weighted by Crippen LogP contribution is -2.22. The number of benzene rings is 1. The van der Waals surface area contributed by atoms with Gasteiger partial charge in [-0.1, -0.05) is 18.2 Å². The highest BCUT2D eigenvalue weighted by Crippen LogP contribution is 2.10. The van der Waals surface area contributed by atoms with Crippen LogP contribution in [0.1, 0.15) is 36.0 Å². The van der Waals surface area contributed by atoms with E-state index >= 15 is 0 Å². The summed E-state index contributed by atoms with van der Waals surface area (Å²) in [5, 5.41) is 9.21. The second kappa shape index (κ2) is 9.09. The van der Waals surface area contributed by atoms with E-state index in [-0.39, 0.29) is 12.6 Å². The van der Waals surface area contributed by atoms with Crippen LogP contribution in [0, 0.1) is 0 Å². The highest BCUT2D eigenvalue weighted by Gasteiger charge is 2.15. The molecule has 0 spiro atoms. The number of unbranched alkanes of at least 4 members (excludes halogenated alkanes) is 1. The van der Waals surface area contributed by atoms with Gasteiger partial charge in [0.15, 0.2) is 0 Å². The summed E-state index contributed by atoms with van der Waals surface area (Å²) >= 11 is 0. The monoisotopic (exact) mass is 280 g/mol. The van der Waals surface area contributed by atoms with Crippen LogP contribution in [0.3, 0.4) is 0 Å². The first-order valence-electron chi connectivity index (χ1n) is 6.61. The smallest absolute Gasteiger partial charge is 0.338 e. The maximum atomic E-state index is 11.8. The van der Waals surface area contributed by atoms with E-state index in [2.05, 4.69) is 4.74 Å². The highest BCUT2D eigenvalue weighted by atomic mass is 16.6. The van der Waals surface area contributed by atoms with Gasteiger partial charge in [0.25, 0.3) is 0 Å². The average Bonchev–Trinajstić information content (AvgIpc) is 2.50. The van der Waals surface area contributed by atoms with Crippen molar-refractivity contribution in [1.82, 2.24) is 0 Å². The Kier molecular flexibility index (Phi) is 7.35. The highest BCUT2D eigenvalue weighted by molar-refractivity contribution is 5.89. The number of esters is 2. The molecule has 1 atom stereocenters. The summed E-state index contributed by atoms with van der Waals surface area (Å²) in [6.45, 7) is -0.225. The van der Waals surface area contributed by atoms with Crippen molar-refractivity contribution in [2.24, 2.45) is 0 Å². The minimum absolute atomic E-state index is 0.225. The van der Waals surface area contributed by atoms with Gasteiger partial charge in [-0.2, -0.15) is 0 Å². The van der Waals surface area contributed by atoms with Crippen molar-refractivity contribution in [2.45, 2.75) is 31.8 Å². The van der Waals surface area contributed by atoms with Crippen LogP contribution in [-0.4, -0.2) is 36.9 Å². The molecule has 0 radical (unpaired) electrons. The molecular formula is C15H20O5. The quantitative estimate of drug-likeness (QED) is 0.582. The molecule has 0 aliphatic carbocycles. The van der Waals surface area contributed by atoms with Gasteiger partial charge in [0.2, 0.25) is 0 Å². The van der Waals surface area contributed by atoms with E-state index in [1.54, 1.807) is 24.3 Å². The van der Waals surface area contributed by atoms with Gasteiger partial charge in [-0.15, -0.1) is 0 Å². The molecule has 1 N–H and O–H groups in total. The number of hydrogen-bond acceptors (Lipinski definition) is 5.